The van der Waals surface area contributed by atoms with Gasteiger partial charge in [-0.3, -0.25) is 19.5 Å². The third-order valence-electron chi connectivity index (χ3n) is 5.13. The first-order valence-corrected chi connectivity index (χ1v) is 10.3. The van der Waals surface area contributed by atoms with Crippen LogP contribution in [-0.4, -0.2) is 50.5 Å². The van der Waals surface area contributed by atoms with Crippen LogP contribution in [0.3, 0.4) is 0 Å². The van der Waals surface area contributed by atoms with Crippen LogP contribution in [0.2, 0.25) is 0 Å². The molecule has 9 heteroatoms. The number of carbonyl (C=O) groups is 2. The van der Waals surface area contributed by atoms with E-state index in [9.17, 15) is 14.4 Å². The van der Waals surface area contributed by atoms with Crippen molar-refractivity contribution in [1.29, 1.82) is 0 Å². The first-order chi connectivity index (χ1) is 15.9. The van der Waals surface area contributed by atoms with Crippen LogP contribution in [-0.2, 0) is 22.5 Å². The summed E-state index contributed by atoms with van der Waals surface area (Å²) in [5.74, 6) is -0.596. The fourth-order valence-corrected chi connectivity index (χ4v) is 3.44. The van der Waals surface area contributed by atoms with Gasteiger partial charge in [0.15, 0.2) is 0 Å². The fraction of sp³-hybridized carbons (Fsp3) is 0.167. The minimum atomic E-state index is -0.443. The average molecular weight is 445 g/mol. The van der Waals surface area contributed by atoms with Gasteiger partial charge in [0.25, 0.3) is 11.5 Å². The number of methoxy groups -OCH3 is 1. The SMILES string of the molecule is COC(=O)Cc1cc(=O)n(-c2ccc(C(=O)N(C)Cc3cnn(-c4ccccc4)c3)cc2)[nH]1. The molecule has 0 radical (unpaired) electrons. The number of hydrogen-bond donors (Lipinski definition) is 1. The number of aromatic nitrogens is 4. The number of aromatic amines is 1. The molecular weight excluding hydrogens is 422 g/mol. The van der Waals surface area contributed by atoms with E-state index in [1.807, 2.05) is 36.5 Å². The zero-order valence-electron chi connectivity index (χ0n) is 18.3. The minimum Gasteiger partial charge on any atom is -0.469 e. The first-order valence-electron chi connectivity index (χ1n) is 10.3. The number of rotatable bonds is 7. The molecule has 4 rings (SSSR count). The molecule has 9 nitrogen and oxygen atoms in total. The molecule has 0 atom stereocenters. The highest BCUT2D eigenvalue weighted by Crippen LogP contribution is 2.13. The van der Waals surface area contributed by atoms with E-state index in [0.717, 1.165) is 11.3 Å². The van der Waals surface area contributed by atoms with Crippen molar-refractivity contribution in [1.82, 2.24) is 24.5 Å². The van der Waals surface area contributed by atoms with Gasteiger partial charge in [0.1, 0.15) is 0 Å². The van der Waals surface area contributed by atoms with Crippen LogP contribution in [0.5, 0.6) is 0 Å². The Balaban J connectivity index is 1.44. The molecular formula is C24H23N5O4. The van der Waals surface area contributed by atoms with Crippen molar-refractivity contribution in [2.24, 2.45) is 0 Å². The van der Waals surface area contributed by atoms with Crippen molar-refractivity contribution in [2.45, 2.75) is 13.0 Å². The Morgan fingerprint density at radius 3 is 2.48 bits per heavy atom. The van der Waals surface area contributed by atoms with Gasteiger partial charge in [-0.2, -0.15) is 5.10 Å². The fourth-order valence-electron chi connectivity index (χ4n) is 3.44. The Morgan fingerprint density at radius 1 is 1.06 bits per heavy atom. The molecule has 168 valence electrons. The molecule has 2 aromatic carbocycles. The van der Waals surface area contributed by atoms with Gasteiger partial charge >= 0.3 is 5.97 Å². The molecule has 0 spiro atoms. The van der Waals surface area contributed by atoms with Crippen molar-refractivity contribution >= 4 is 11.9 Å². The van der Waals surface area contributed by atoms with Gasteiger partial charge in [-0.1, -0.05) is 18.2 Å². The Bertz CT molecular complexity index is 1320. The zero-order valence-corrected chi connectivity index (χ0v) is 18.3. The maximum absolute atomic E-state index is 12.9. The molecule has 0 fully saturated rings. The maximum atomic E-state index is 12.9. The molecule has 0 saturated carbocycles. The molecule has 0 bridgehead atoms. The molecule has 0 aliphatic rings. The lowest BCUT2D eigenvalue weighted by Crippen LogP contribution is -2.26. The van der Waals surface area contributed by atoms with E-state index in [2.05, 4.69) is 14.9 Å². The van der Waals surface area contributed by atoms with Crippen LogP contribution in [0, 0.1) is 0 Å². The predicted molar refractivity (Wildman–Crippen MR) is 121 cm³/mol. The van der Waals surface area contributed by atoms with Crippen LogP contribution in [0.25, 0.3) is 11.4 Å². The van der Waals surface area contributed by atoms with Crippen molar-refractivity contribution in [3.8, 4) is 11.4 Å². The van der Waals surface area contributed by atoms with Gasteiger partial charge in [0.05, 0.1) is 31.1 Å². The average Bonchev–Trinajstić information content (AvgIpc) is 3.45. The van der Waals surface area contributed by atoms with E-state index < -0.39 is 5.97 Å². The lowest BCUT2D eigenvalue weighted by atomic mass is 10.1. The summed E-state index contributed by atoms with van der Waals surface area (Å²) in [6.45, 7) is 0.403. The monoisotopic (exact) mass is 445 g/mol. The molecule has 0 saturated heterocycles. The second-order valence-electron chi connectivity index (χ2n) is 7.54. The van der Waals surface area contributed by atoms with E-state index in [4.69, 9.17) is 0 Å². The molecule has 1 N–H and O–H groups in total. The molecule has 4 aromatic rings. The smallest absolute Gasteiger partial charge is 0.311 e. The summed E-state index contributed by atoms with van der Waals surface area (Å²) in [5.41, 5.74) is 3.04. The Kier molecular flexibility index (Phi) is 6.21. The van der Waals surface area contributed by atoms with E-state index in [1.54, 1.807) is 47.1 Å². The number of hydrogen-bond acceptors (Lipinski definition) is 5. The van der Waals surface area contributed by atoms with Gasteiger partial charge in [-0.25, -0.2) is 9.36 Å². The summed E-state index contributed by atoms with van der Waals surface area (Å²) in [5, 5.41) is 7.25. The third kappa shape index (κ3) is 4.93. The predicted octanol–water partition coefficient (Wildman–Crippen LogP) is 2.34. The summed E-state index contributed by atoms with van der Waals surface area (Å²) in [4.78, 5) is 38.1. The van der Waals surface area contributed by atoms with Gasteiger partial charge in [-0.05, 0) is 36.4 Å². The van der Waals surface area contributed by atoms with Crippen LogP contribution < -0.4 is 5.56 Å². The van der Waals surface area contributed by atoms with Crippen LogP contribution in [0.4, 0.5) is 0 Å². The molecule has 0 unspecified atom stereocenters. The summed E-state index contributed by atoms with van der Waals surface area (Å²) in [6.07, 6.45) is 3.61. The van der Waals surface area contributed by atoms with Gasteiger partial charge < -0.3 is 9.64 Å². The number of nitrogens with one attached hydrogen (secondary N) is 1. The highest BCUT2D eigenvalue weighted by Gasteiger charge is 2.14. The molecule has 33 heavy (non-hydrogen) atoms. The van der Waals surface area contributed by atoms with Gasteiger partial charge in [-0.15, -0.1) is 0 Å². The van der Waals surface area contributed by atoms with Crippen molar-refractivity contribution in [2.75, 3.05) is 14.2 Å². The molecule has 2 aromatic heterocycles. The number of nitrogens with zero attached hydrogens (tertiary/aromatic N) is 4. The van der Waals surface area contributed by atoms with E-state index >= 15 is 0 Å². The van der Waals surface area contributed by atoms with Crippen molar-refractivity contribution in [3.63, 3.8) is 0 Å². The molecule has 2 heterocycles. The number of H-pyrrole nitrogens is 1. The van der Waals surface area contributed by atoms with E-state index in [1.165, 1.54) is 17.9 Å². The van der Waals surface area contributed by atoms with Crippen molar-refractivity contribution < 1.29 is 14.3 Å². The molecule has 1 amide bonds. The second kappa shape index (κ2) is 9.39. The summed E-state index contributed by atoms with van der Waals surface area (Å²) >= 11 is 0. The van der Waals surface area contributed by atoms with E-state index in [0.29, 0.717) is 23.5 Å². The third-order valence-corrected chi connectivity index (χ3v) is 5.13. The largest absolute Gasteiger partial charge is 0.469 e. The van der Waals surface area contributed by atoms with Gasteiger partial charge in [0, 0.05) is 42.7 Å². The summed E-state index contributed by atoms with van der Waals surface area (Å²) in [6, 6.07) is 17.8. The number of amides is 1. The number of ether oxygens (including phenoxy) is 1. The number of benzene rings is 2. The lowest BCUT2D eigenvalue weighted by molar-refractivity contribution is -0.139. The molecule has 0 aliphatic heterocycles. The highest BCUT2D eigenvalue weighted by atomic mass is 16.5. The van der Waals surface area contributed by atoms with Gasteiger partial charge in [0.2, 0.25) is 0 Å². The number of esters is 1. The maximum Gasteiger partial charge on any atom is 0.311 e. The van der Waals surface area contributed by atoms with Crippen LogP contribution >= 0.6 is 0 Å². The van der Waals surface area contributed by atoms with Crippen molar-refractivity contribution in [3.05, 3.63) is 100 Å². The number of carbonyl (C=O) groups excluding carboxylic acids is 2. The minimum absolute atomic E-state index is 0.0268. The Hall–Kier alpha value is -4.40. The van der Waals surface area contributed by atoms with Crippen LogP contribution in [0.1, 0.15) is 21.6 Å². The topological polar surface area (TPSA) is 102 Å². The quantitative estimate of drug-likeness (QED) is 0.440. The summed E-state index contributed by atoms with van der Waals surface area (Å²) in [7, 11) is 3.02. The first kappa shape index (κ1) is 21.8. The van der Waals surface area contributed by atoms with E-state index in [-0.39, 0.29) is 17.9 Å². The zero-order chi connectivity index (χ0) is 23.4. The highest BCUT2D eigenvalue weighted by molar-refractivity contribution is 5.94. The second-order valence-corrected chi connectivity index (χ2v) is 7.54. The standard InChI is InChI=1S/C24H23N5O4/c1-27(15-17-14-25-28(16-17)20-6-4-3-5-7-20)24(32)18-8-10-21(11-9-18)29-22(30)12-19(26-29)13-23(31)33-2/h3-12,14,16,26H,13,15H2,1-2H3. The van der Waals surface area contributed by atoms with Crippen LogP contribution in [0.15, 0.2) is 77.9 Å². The summed E-state index contributed by atoms with van der Waals surface area (Å²) < 4.78 is 7.70. The Labute approximate surface area is 189 Å². The Morgan fingerprint density at radius 2 is 1.79 bits per heavy atom. The molecule has 0 aliphatic carbocycles. The normalized spacial score (nSPS) is 10.7. The number of para-hydroxylation sites is 1. The lowest BCUT2D eigenvalue weighted by Gasteiger charge is -2.16.